The third kappa shape index (κ3) is 2.36. The third-order valence-electron chi connectivity index (χ3n) is 2.42. The number of benzene rings is 2. The molecule has 18 heavy (non-hydrogen) atoms. The highest BCUT2D eigenvalue weighted by Crippen LogP contribution is 2.27. The predicted octanol–water partition coefficient (Wildman–Crippen LogP) is 2.02. The third-order valence-corrected chi connectivity index (χ3v) is 4.29. The van der Waals surface area contributed by atoms with Crippen LogP contribution in [0.15, 0.2) is 46.2 Å². The summed E-state index contributed by atoms with van der Waals surface area (Å²) in [5.74, 6) is 0. The smallest absolute Gasteiger partial charge is 0.220 e. The van der Waals surface area contributed by atoms with E-state index in [2.05, 4.69) is 4.33 Å². The van der Waals surface area contributed by atoms with Crippen molar-refractivity contribution in [2.24, 2.45) is 0 Å². The highest BCUT2D eigenvalue weighted by molar-refractivity contribution is 7.80. The molecule has 96 valence electrons. The quantitative estimate of drug-likeness (QED) is 0.687. The summed E-state index contributed by atoms with van der Waals surface area (Å²) in [6, 6.07) is 9.98. The van der Waals surface area contributed by atoms with Gasteiger partial charge >= 0.3 is 0 Å². The van der Waals surface area contributed by atoms with Gasteiger partial charge in [0.05, 0.1) is 16.9 Å². The normalized spacial score (nSPS) is 14.6. The summed E-state index contributed by atoms with van der Waals surface area (Å²) in [6.45, 7) is 0. The number of hydrogen-bond donors (Lipinski definition) is 1. The topological polar surface area (TPSA) is 72.8 Å². The molecule has 0 saturated carbocycles. The van der Waals surface area contributed by atoms with E-state index in [1.54, 1.807) is 36.4 Å². The SMILES string of the molecule is COS(=O)c1cccc2c(S(=O)OO)cccc12. The number of hydrogen-bond acceptors (Lipinski definition) is 5. The Labute approximate surface area is 109 Å². The summed E-state index contributed by atoms with van der Waals surface area (Å²) in [7, 11) is 1.34. The molecule has 0 aliphatic carbocycles. The lowest BCUT2D eigenvalue weighted by atomic mass is 10.1. The fourth-order valence-corrected chi connectivity index (χ4v) is 3.03. The minimum Gasteiger partial charge on any atom is -0.290 e. The van der Waals surface area contributed by atoms with Crippen molar-refractivity contribution in [1.82, 2.24) is 0 Å². The van der Waals surface area contributed by atoms with Gasteiger partial charge in [-0.2, -0.15) is 0 Å². The molecule has 7 heteroatoms. The average Bonchev–Trinajstić information content (AvgIpc) is 2.44. The molecule has 0 spiro atoms. The summed E-state index contributed by atoms with van der Waals surface area (Å²) < 4.78 is 31.8. The van der Waals surface area contributed by atoms with Gasteiger partial charge in [0.25, 0.3) is 0 Å². The van der Waals surface area contributed by atoms with Crippen molar-refractivity contribution in [1.29, 1.82) is 0 Å². The van der Waals surface area contributed by atoms with Crippen LogP contribution in [0.2, 0.25) is 0 Å². The zero-order chi connectivity index (χ0) is 13.1. The Morgan fingerprint density at radius 3 is 1.89 bits per heavy atom. The van der Waals surface area contributed by atoms with Crippen molar-refractivity contribution < 1.29 is 22.2 Å². The molecule has 0 heterocycles. The highest BCUT2D eigenvalue weighted by Gasteiger charge is 2.13. The molecule has 0 aliphatic heterocycles. The minimum atomic E-state index is -1.97. The van der Waals surface area contributed by atoms with Crippen molar-refractivity contribution in [2.45, 2.75) is 9.79 Å². The van der Waals surface area contributed by atoms with E-state index in [1.807, 2.05) is 0 Å². The largest absolute Gasteiger partial charge is 0.290 e. The van der Waals surface area contributed by atoms with E-state index in [0.29, 0.717) is 20.6 Å². The van der Waals surface area contributed by atoms with Crippen LogP contribution in [0.25, 0.3) is 10.8 Å². The van der Waals surface area contributed by atoms with Gasteiger partial charge in [-0.05, 0) is 12.1 Å². The molecular weight excluding hydrogens is 276 g/mol. The molecule has 2 aromatic rings. The Bertz CT molecular complexity index is 571. The van der Waals surface area contributed by atoms with Crippen LogP contribution < -0.4 is 0 Å². The molecule has 0 saturated heterocycles. The molecule has 0 amide bonds. The van der Waals surface area contributed by atoms with E-state index >= 15 is 0 Å². The van der Waals surface area contributed by atoms with Crippen LogP contribution in [0, 0.1) is 0 Å². The van der Waals surface area contributed by atoms with Crippen molar-refractivity contribution >= 4 is 32.9 Å². The summed E-state index contributed by atoms with van der Waals surface area (Å²) in [4.78, 5) is 0.789. The Morgan fingerprint density at radius 2 is 1.44 bits per heavy atom. The molecule has 0 radical (unpaired) electrons. The van der Waals surface area contributed by atoms with Crippen molar-refractivity contribution in [2.75, 3.05) is 7.11 Å². The van der Waals surface area contributed by atoms with Crippen molar-refractivity contribution in [3.63, 3.8) is 0 Å². The molecule has 5 nitrogen and oxygen atoms in total. The Hall–Kier alpha value is -1.12. The molecule has 1 N–H and O–H groups in total. The summed E-state index contributed by atoms with van der Waals surface area (Å²) >= 11 is -3.56. The van der Waals surface area contributed by atoms with Crippen LogP contribution in [-0.4, -0.2) is 20.8 Å². The van der Waals surface area contributed by atoms with Crippen molar-refractivity contribution in [3.05, 3.63) is 36.4 Å². The molecule has 2 aromatic carbocycles. The van der Waals surface area contributed by atoms with Crippen LogP contribution in [0.5, 0.6) is 0 Å². The maximum absolute atomic E-state index is 11.7. The standard InChI is InChI=1S/C11H10O5S2/c1-15-17(13)10-6-2-5-9-8(10)4-3-7-11(9)18(14)16-12/h2-7,12H,1H3. The van der Waals surface area contributed by atoms with E-state index in [1.165, 1.54) is 7.11 Å². The first-order valence-electron chi connectivity index (χ1n) is 4.90. The van der Waals surface area contributed by atoms with Crippen molar-refractivity contribution in [3.8, 4) is 0 Å². The van der Waals surface area contributed by atoms with Crippen LogP contribution in [0.3, 0.4) is 0 Å². The molecule has 2 atom stereocenters. The number of fused-ring (bicyclic) bond motifs is 1. The maximum Gasteiger partial charge on any atom is 0.220 e. The van der Waals surface area contributed by atoms with E-state index in [4.69, 9.17) is 9.44 Å². The lowest BCUT2D eigenvalue weighted by Crippen LogP contribution is -1.98. The summed E-state index contributed by atoms with van der Waals surface area (Å²) in [5.41, 5.74) is 0. The van der Waals surface area contributed by atoms with Gasteiger partial charge < -0.3 is 0 Å². The minimum absolute atomic E-state index is 0.310. The molecule has 2 unspecified atom stereocenters. The molecule has 0 aliphatic rings. The van der Waals surface area contributed by atoms with E-state index < -0.39 is 22.2 Å². The number of rotatable bonds is 4. The second-order valence-corrected chi connectivity index (χ2v) is 5.62. The summed E-state index contributed by atoms with van der Waals surface area (Å²) in [5, 5.41) is 9.72. The van der Waals surface area contributed by atoms with Gasteiger partial charge in [-0.3, -0.25) is 4.18 Å². The fourth-order valence-electron chi connectivity index (χ4n) is 1.67. The van der Waals surface area contributed by atoms with Gasteiger partial charge in [0.1, 0.15) is 0 Å². The first kappa shape index (κ1) is 13.3. The predicted molar refractivity (Wildman–Crippen MR) is 67.5 cm³/mol. The van der Waals surface area contributed by atoms with Gasteiger partial charge in [-0.1, -0.05) is 24.3 Å². The average molecular weight is 286 g/mol. The Balaban J connectivity index is 2.73. The van der Waals surface area contributed by atoms with E-state index in [0.717, 1.165) is 0 Å². The zero-order valence-electron chi connectivity index (χ0n) is 9.36. The van der Waals surface area contributed by atoms with Gasteiger partial charge in [0.2, 0.25) is 11.1 Å². The van der Waals surface area contributed by atoms with Gasteiger partial charge in [-0.25, -0.2) is 13.7 Å². The zero-order valence-corrected chi connectivity index (χ0v) is 11.0. The van der Waals surface area contributed by atoms with Gasteiger partial charge in [-0.15, -0.1) is 4.33 Å². The van der Waals surface area contributed by atoms with E-state index in [-0.39, 0.29) is 0 Å². The Kier molecular flexibility index (Phi) is 4.20. The molecule has 2 rings (SSSR count). The summed E-state index contributed by atoms with van der Waals surface area (Å²) in [6.07, 6.45) is 0. The van der Waals surface area contributed by atoms with Gasteiger partial charge in [0.15, 0.2) is 11.1 Å². The van der Waals surface area contributed by atoms with Crippen LogP contribution in [-0.2, 0) is 30.7 Å². The molecule has 0 fully saturated rings. The van der Waals surface area contributed by atoms with Crippen LogP contribution in [0.4, 0.5) is 0 Å². The highest BCUT2D eigenvalue weighted by atomic mass is 32.2. The van der Waals surface area contributed by atoms with Crippen LogP contribution in [0.1, 0.15) is 0 Å². The van der Waals surface area contributed by atoms with Gasteiger partial charge in [0, 0.05) is 10.8 Å². The molecular formula is C11H10O5S2. The second-order valence-electron chi connectivity index (χ2n) is 3.32. The monoisotopic (exact) mass is 286 g/mol. The lowest BCUT2D eigenvalue weighted by molar-refractivity contribution is -0.124. The Morgan fingerprint density at radius 1 is 0.944 bits per heavy atom. The molecule has 0 bridgehead atoms. The first-order chi connectivity index (χ1) is 8.69. The maximum atomic E-state index is 11.7. The van der Waals surface area contributed by atoms with E-state index in [9.17, 15) is 8.42 Å². The lowest BCUT2D eigenvalue weighted by Gasteiger charge is -2.07. The fraction of sp³-hybridized carbons (Fsp3) is 0.0909. The second kappa shape index (κ2) is 5.68. The molecule has 0 aromatic heterocycles. The first-order valence-corrected chi connectivity index (χ1v) is 7.05. The van der Waals surface area contributed by atoms with Crippen LogP contribution >= 0.6 is 0 Å².